The minimum absolute atomic E-state index is 0.0978. The molecular weight excluding hydrogens is 769 g/mol. The van der Waals surface area contributed by atoms with E-state index in [1.165, 1.54) is 103 Å². The van der Waals surface area contributed by atoms with Gasteiger partial charge in [0.05, 0.1) is 0 Å². The first-order chi connectivity index (χ1) is 30.5. The molecule has 0 saturated carbocycles. The molecule has 0 aliphatic carbocycles. The van der Waals surface area contributed by atoms with Gasteiger partial charge in [-0.15, -0.1) is 0 Å². The van der Waals surface area contributed by atoms with Crippen LogP contribution < -0.4 is 0 Å². The van der Waals surface area contributed by atoms with Gasteiger partial charge in [0.1, 0.15) is 13.2 Å². The second-order valence-corrected chi connectivity index (χ2v) is 17.1. The van der Waals surface area contributed by atoms with E-state index in [1.54, 1.807) is 0 Å². The molecule has 0 radical (unpaired) electrons. The van der Waals surface area contributed by atoms with Crippen LogP contribution in [0.25, 0.3) is 0 Å². The molecule has 1 atom stereocenters. The van der Waals surface area contributed by atoms with Crippen molar-refractivity contribution in [2.45, 2.75) is 252 Å². The summed E-state index contributed by atoms with van der Waals surface area (Å²) >= 11 is 0. The van der Waals surface area contributed by atoms with Crippen LogP contribution in [-0.4, -0.2) is 37.2 Å². The van der Waals surface area contributed by atoms with E-state index in [1.807, 2.05) is 0 Å². The molecule has 0 unspecified atom stereocenters. The average Bonchev–Trinajstić information content (AvgIpc) is 3.27. The Morgan fingerprint density at radius 2 is 0.581 bits per heavy atom. The van der Waals surface area contributed by atoms with E-state index in [0.717, 1.165) is 103 Å². The van der Waals surface area contributed by atoms with E-state index in [4.69, 9.17) is 14.2 Å². The Morgan fingerprint density at radius 1 is 0.323 bits per heavy atom. The summed E-state index contributed by atoms with van der Waals surface area (Å²) in [6, 6.07) is 0. The Bertz CT molecular complexity index is 1180. The number of hydrogen-bond donors (Lipinski definition) is 0. The van der Waals surface area contributed by atoms with Gasteiger partial charge in [-0.2, -0.15) is 0 Å². The van der Waals surface area contributed by atoms with Crippen molar-refractivity contribution >= 4 is 17.9 Å². The second kappa shape index (κ2) is 50.5. The average molecular weight is 865 g/mol. The summed E-state index contributed by atoms with van der Waals surface area (Å²) in [5.41, 5.74) is 0. The van der Waals surface area contributed by atoms with E-state index in [-0.39, 0.29) is 31.1 Å². The van der Waals surface area contributed by atoms with Crippen molar-refractivity contribution in [3.8, 4) is 0 Å². The number of carbonyl (C=O) groups is 3. The molecule has 62 heavy (non-hydrogen) atoms. The molecule has 0 fully saturated rings. The van der Waals surface area contributed by atoms with Crippen molar-refractivity contribution in [3.63, 3.8) is 0 Å². The van der Waals surface area contributed by atoms with Gasteiger partial charge in [-0.1, -0.05) is 184 Å². The molecule has 0 aromatic carbocycles. The van der Waals surface area contributed by atoms with Crippen molar-refractivity contribution in [2.75, 3.05) is 13.2 Å². The molecular formula is C56H96O6. The first kappa shape index (κ1) is 58.9. The number of carbonyl (C=O) groups excluding carboxylic acids is 3. The van der Waals surface area contributed by atoms with Gasteiger partial charge < -0.3 is 14.2 Å². The molecule has 0 amide bonds. The highest BCUT2D eigenvalue weighted by atomic mass is 16.6. The van der Waals surface area contributed by atoms with Crippen LogP contribution in [0.5, 0.6) is 0 Å². The number of unbranched alkanes of at least 4 members (excludes halogenated alkanes) is 23. The lowest BCUT2D eigenvalue weighted by atomic mass is 10.1. The lowest BCUT2D eigenvalue weighted by molar-refractivity contribution is -0.167. The molecule has 0 bridgehead atoms. The maximum atomic E-state index is 12.8. The van der Waals surface area contributed by atoms with E-state index in [0.29, 0.717) is 19.3 Å². The molecule has 6 heteroatoms. The normalized spacial score (nSPS) is 12.6. The summed E-state index contributed by atoms with van der Waals surface area (Å²) in [7, 11) is 0. The van der Waals surface area contributed by atoms with Crippen LogP contribution in [0.4, 0.5) is 0 Å². The predicted molar refractivity (Wildman–Crippen MR) is 265 cm³/mol. The molecule has 0 rings (SSSR count). The highest BCUT2D eigenvalue weighted by Gasteiger charge is 2.19. The molecule has 0 N–H and O–H groups in total. The van der Waals surface area contributed by atoms with Crippen LogP contribution in [0, 0.1) is 0 Å². The number of esters is 3. The summed E-state index contributed by atoms with van der Waals surface area (Å²) in [6.07, 6.45) is 63.1. The third-order valence-electron chi connectivity index (χ3n) is 10.9. The summed E-state index contributed by atoms with van der Waals surface area (Å²) in [6.45, 7) is 6.52. The second-order valence-electron chi connectivity index (χ2n) is 17.1. The van der Waals surface area contributed by atoms with Gasteiger partial charge in [-0.25, -0.2) is 0 Å². The fraction of sp³-hybridized carbons (Fsp3) is 0.732. The zero-order valence-corrected chi connectivity index (χ0v) is 40.6. The third-order valence-corrected chi connectivity index (χ3v) is 10.9. The highest BCUT2D eigenvalue weighted by molar-refractivity contribution is 5.71. The van der Waals surface area contributed by atoms with Crippen molar-refractivity contribution in [1.82, 2.24) is 0 Å². The number of allylic oxidation sites excluding steroid dienone is 12. The molecule has 0 aromatic heterocycles. The number of rotatable bonds is 46. The van der Waals surface area contributed by atoms with Crippen molar-refractivity contribution < 1.29 is 28.6 Å². The first-order valence-electron chi connectivity index (χ1n) is 25.9. The highest BCUT2D eigenvalue weighted by Crippen LogP contribution is 2.13. The summed E-state index contributed by atoms with van der Waals surface area (Å²) in [5.74, 6) is -0.958. The largest absolute Gasteiger partial charge is 0.462 e. The van der Waals surface area contributed by atoms with Crippen LogP contribution in [0.1, 0.15) is 245 Å². The smallest absolute Gasteiger partial charge is 0.306 e. The Balaban J connectivity index is 4.49. The fourth-order valence-electron chi connectivity index (χ4n) is 6.94. The molecule has 0 aliphatic heterocycles. The van der Waals surface area contributed by atoms with Crippen LogP contribution in [0.3, 0.4) is 0 Å². The van der Waals surface area contributed by atoms with Crippen LogP contribution >= 0.6 is 0 Å². The van der Waals surface area contributed by atoms with Gasteiger partial charge in [-0.3, -0.25) is 14.4 Å². The van der Waals surface area contributed by atoms with E-state index < -0.39 is 6.10 Å². The van der Waals surface area contributed by atoms with Crippen molar-refractivity contribution in [3.05, 3.63) is 72.9 Å². The van der Waals surface area contributed by atoms with Crippen LogP contribution in [-0.2, 0) is 28.6 Å². The molecule has 0 saturated heterocycles. The number of ether oxygens (including phenoxy) is 3. The molecule has 0 spiro atoms. The minimum Gasteiger partial charge on any atom is -0.462 e. The maximum absolute atomic E-state index is 12.8. The van der Waals surface area contributed by atoms with Crippen LogP contribution in [0.2, 0.25) is 0 Å². The van der Waals surface area contributed by atoms with E-state index in [9.17, 15) is 14.4 Å². The lowest BCUT2D eigenvalue weighted by Gasteiger charge is -2.18. The zero-order chi connectivity index (χ0) is 45.1. The predicted octanol–water partition coefficient (Wildman–Crippen LogP) is 17.0. The zero-order valence-electron chi connectivity index (χ0n) is 40.6. The summed E-state index contributed by atoms with van der Waals surface area (Å²) < 4.78 is 16.7. The van der Waals surface area contributed by atoms with Crippen LogP contribution in [0.15, 0.2) is 72.9 Å². The third kappa shape index (κ3) is 47.9. The monoisotopic (exact) mass is 865 g/mol. The quantitative estimate of drug-likeness (QED) is 0.0262. The Labute approximate surface area is 382 Å². The molecule has 0 aliphatic rings. The molecule has 0 heterocycles. The fourth-order valence-corrected chi connectivity index (χ4v) is 6.94. The molecule has 356 valence electrons. The molecule has 6 nitrogen and oxygen atoms in total. The van der Waals surface area contributed by atoms with E-state index in [2.05, 4.69) is 93.7 Å². The van der Waals surface area contributed by atoms with Gasteiger partial charge in [0.2, 0.25) is 0 Å². The van der Waals surface area contributed by atoms with Gasteiger partial charge in [0.15, 0.2) is 6.10 Å². The first-order valence-corrected chi connectivity index (χ1v) is 25.9. The van der Waals surface area contributed by atoms with Gasteiger partial charge in [0, 0.05) is 19.3 Å². The Morgan fingerprint density at radius 3 is 0.984 bits per heavy atom. The van der Waals surface area contributed by atoms with Crippen molar-refractivity contribution in [2.24, 2.45) is 0 Å². The summed E-state index contributed by atoms with van der Waals surface area (Å²) in [5, 5.41) is 0. The maximum Gasteiger partial charge on any atom is 0.306 e. The topological polar surface area (TPSA) is 78.9 Å². The van der Waals surface area contributed by atoms with Gasteiger partial charge in [0.25, 0.3) is 0 Å². The Hall–Kier alpha value is -3.15. The molecule has 0 aromatic rings. The van der Waals surface area contributed by atoms with Gasteiger partial charge >= 0.3 is 17.9 Å². The lowest BCUT2D eigenvalue weighted by Crippen LogP contribution is -2.30. The van der Waals surface area contributed by atoms with E-state index >= 15 is 0 Å². The summed E-state index contributed by atoms with van der Waals surface area (Å²) in [4.78, 5) is 38.0. The standard InChI is InChI=1S/C56H96O6/c1-4-7-10-13-16-19-22-25-28-31-34-37-40-43-46-49-55(58)61-52-53(51-60-54(57)48-45-42-39-36-33-30-27-24-21-18-15-12-9-6-3)62-56(59)50-47-44-41-38-35-32-29-26-23-20-17-14-11-8-5-2/h16-17,19-20,24-29,34,37,53H,4-15,18,21-23,30-33,35-36,38-52H2,1-3H3/b19-16-,20-17-,27-24-,28-25-,29-26-,37-34-/t53-/m1/s1. The minimum atomic E-state index is -0.801. The Kier molecular flexibility index (Phi) is 47.9. The number of hydrogen-bond acceptors (Lipinski definition) is 6. The van der Waals surface area contributed by atoms with Crippen molar-refractivity contribution in [1.29, 1.82) is 0 Å². The SMILES string of the molecule is CCCCC/C=C\C/C=C\C/C=C\CCCCC(=O)OC[C@@H](COC(=O)CCCCCCC/C=C\CCCCCCC)OC(=O)CCCCCCC/C=C\C/C=C\CCCCC. The van der Waals surface area contributed by atoms with Gasteiger partial charge in [-0.05, 0) is 116 Å².